The molecule has 2 atom stereocenters. The average Bonchev–Trinajstić information content (AvgIpc) is 2.38. The van der Waals surface area contributed by atoms with Crippen molar-refractivity contribution in [2.75, 3.05) is 0 Å². The molecule has 0 saturated heterocycles. The SMILES string of the molecule is C=C(C)C(=O)CCC1(CC)CCC2=C=CCC1C2. The van der Waals surface area contributed by atoms with Gasteiger partial charge in [-0.1, -0.05) is 19.9 Å². The standard InChI is InChI=1S/C17H24O/c1-4-17(11-9-16(18)13(2)3)10-8-14-6-5-7-15(17)12-14/h5,15H,2,4,7-12H2,1,3H3. The Morgan fingerprint density at radius 3 is 3.06 bits per heavy atom. The van der Waals surface area contributed by atoms with Gasteiger partial charge in [0.2, 0.25) is 0 Å². The van der Waals surface area contributed by atoms with Gasteiger partial charge in [0.1, 0.15) is 0 Å². The maximum absolute atomic E-state index is 11.8. The van der Waals surface area contributed by atoms with E-state index in [9.17, 15) is 4.79 Å². The molecule has 2 aliphatic rings. The molecule has 0 radical (unpaired) electrons. The first kappa shape index (κ1) is 13.4. The molecular formula is C17H24O. The van der Waals surface area contributed by atoms with Gasteiger partial charge >= 0.3 is 0 Å². The van der Waals surface area contributed by atoms with Crippen LogP contribution < -0.4 is 0 Å². The number of rotatable bonds is 5. The van der Waals surface area contributed by atoms with Gasteiger partial charge in [0.15, 0.2) is 5.78 Å². The summed E-state index contributed by atoms with van der Waals surface area (Å²) in [4.78, 5) is 11.8. The van der Waals surface area contributed by atoms with E-state index in [4.69, 9.17) is 0 Å². The van der Waals surface area contributed by atoms with Crippen molar-refractivity contribution in [3.63, 3.8) is 0 Å². The third-order valence-electron chi connectivity index (χ3n) is 5.02. The molecule has 0 N–H and O–H groups in total. The summed E-state index contributed by atoms with van der Waals surface area (Å²) in [5, 5.41) is 0. The van der Waals surface area contributed by atoms with Crippen molar-refractivity contribution < 1.29 is 4.79 Å². The molecule has 18 heavy (non-hydrogen) atoms. The van der Waals surface area contributed by atoms with Crippen LogP contribution in [0.2, 0.25) is 0 Å². The molecule has 2 unspecified atom stereocenters. The van der Waals surface area contributed by atoms with Crippen molar-refractivity contribution in [2.45, 2.75) is 58.8 Å². The quantitative estimate of drug-likeness (QED) is 0.510. The molecule has 1 fully saturated rings. The normalized spacial score (nSPS) is 29.9. The molecule has 0 amide bonds. The second-order valence-corrected chi connectivity index (χ2v) is 6.01. The molecule has 2 rings (SSSR count). The van der Waals surface area contributed by atoms with Gasteiger partial charge in [-0.3, -0.25) is 4.79 Å². The monoisotopic (exact) mass is 244 g/mol. The summed E-state index contributed by atoms with van der Waals surface area (Å²) in [6, 6.07) is 0. The highest BCUT2D eigenvalue weighted by atomic mass is 16.1. The van der Waals surface area contributed by atoms with Crippen LogP contribution in [0, 0.1) is 11.3 Å². The average molecular weight is 244 g/mol. The lowest BCUT2D eigenvalue weighted by Gasteiger charge is -2.45. The summed E-state index contributed by atoms with van der Waals surface area (Å²) in [5.74, 6) is 0.987. The van der Waals surface area contributed by atoms with E-state index in [1.54, 1.807) is 0 Å². The minimum atomic E-state index is 0.246. The Morgan fingerprint density at radius 2 is 2.39 bits per heavy atom. The van der Waals surface area contributed by atoms with E-state index in [0.29, 0.717) is 17.4 Å². The molecular weight excluding hydrogens is 220 g/mol. The first-order valence-electron chi connectivity index (χ1n) is 7.19. The van der Waals surface area contributed by atoms with Gasteiger partial charge in [0.05, 0.1) is 0 Å². The van der Waals surface area contributed by atoms with Crippen LogP contribution in [0.3, 0.4) is 0 Å². The fraction of sp³-hybridized carbons (Fsp3) is 0.647. The maximum atomic E-state index is 11.8. The van der Waals surface area contributed by atoms with E-state index in [2.05, 4.69) is 25.3 Å². The van der Waals surface area contributed by atoms with Gasteiger partial charge in [0, 0.05) is 6.42 Å². The van der Waals surface area contributed by atoms with Crippen LogP contribution >= 0.6 is 0 Å². The van der Waals surface area contributed by atoms with E-state index >= 15 is 0 Å². The van der Waals surface area contributed by atoms with Gasteiger partial charge in [0.25, 0.3) is 0 Å². The fourth-order valence-corrected chi connectivity index (χ4v) is 3.58. The maximum Gasteiger partial charge on any atom is 0.158 e. The zero-order chi connectivity index (χ0) is 13.2. The van der Waals surface area contributed by atoms with Crippen molar-refractivity contribution in [1.82, 2.24) is 0 Å². The lowest BCUT2D eigenvalue weighted by atomic mass is 9.59. The van der Waals surface area contributed by atoms with Crippen LogP contribution in [0.1, 0.15) is 58.8 Å². The number of Topliss-reactive ketones (excluding diaryl/α,β-unsaturated/α-hetero) is 1. The third kappa shape index (κ3) is 2.52. The van der Waals surface area contributed by atoms with Crippen molar-refractivity contribution in [3.8, 4) is 0 Å². The smallest absolute Gasteiger partial charge is 0.158 e. The molecule has 1 saturated carbocycles. The summed E-state index contributed by atoms with van der Waals surface area (Å²) in [5.41, 5.74) is 6.00. The molecule has 0 spiro atoms. The Balaban J connectivity index is 2.05. The van der Waals surface area contributed by atoms with E-state index < -0.39 is 0 Å². The number of fused-ring (bicyclic) bond motifs is 2. The first-order valence-corrected chi connectivity index (χ1v) is 7.19. The summed E-state index contributed by atoms with van der Waals surface area (Å²) in [6.45, 7) is 7.88. The van der Waals surface area contributed by atoms with Crippen LogP contribution in [0.4, 0.5) is 0 Å². The summed E-state index contributed by atoms with van der Waals surface area (Å²) in [6.07, 6.45) is 9.93. The Kier molecular flexibility index (Phi) is 3.92. The van der Waals surface area contributed by atoms with Crippen molar-refractivity contribution in [1.29, 1.82) is 0 Å². The molecule has 1 nitrogen and oxygen atoms in total. The highest BCUT2D eigenvalue weighted by Gasteiger charge is 2.40. The Labute approximate surface area is 111 Å². The summed E-state index contributed by atoms with van der Waals surface area (Å²) >= 11 is 0. The minimum absolute atomic E-state index is 0.246. The second kappa shape index (κ2) is 5.28. The Hall–Kier alpha value is -1.07. The van der Waals surface area contributed by atoms with Gasteiger partial charge in [-0.2, -0.15) is 0 Å². The van der Waals surface area contributed by atoms with E-state index in [-0.39, 0.29) is 5.78 Å². The lowest BCUT2D eigenvalue weighted by Crippen LogP contribution is -2.35. The molecule has 2 aliphatic carbocycles. The van der Waals surface area contributed by atoms with Gasteiger partial charge < -0.3 is 0 Å². The molecule has 0 aromatic carbocycles. The molecule has 0 aromatic rings. The molecule has 2 bridgehead atoms. The number of carbonyl (C=O) groups is 1. The molecule has 0 aliphatic heterocycles. The van der Waals surface area contributed by atoms with Crippen molar-refractivity contribution in [2.24, 2.45) is 11.3 Å². The highest BCUT2D eigenvalue weighted by Crippen LogP contribution is 2.51. The molecule has 98 valence electrons. The largest absolute Gasteiger partial charge is 0.295 e. The van der Waals surface area contributed by atoms with Crippen LogP contribution in [0.5, 0.6) is 0 Å². The molecule has 0 aromatic heterocycles. The predicted octanol–water partition coefficient (Wildman–Crippen LogP) is 4.59. The number of allylic oxidation sites excluding steroid dienone is 2. The summed E-state index contributed by atoms with van der Waals surface area (Å²) < 4.78 is 0. The number of hydrogen-bond acceptors (Lipinski definition) is 1. The van der Waals surface area contributed by atoms with Gasteiger partial charge in [-0.05, 0) is 67.6 Å². The fourth-order valence-electron chi connectivity index (χ4n) is 3.58. The predicted molar refractivity (Wildman–Crippen MR) is 75.3 cm³/mol. The first-order chi connectivity index (χ1) is 8.57. The van der Waals surface area contributed by atoms with Crippen LogP contribution in [0.25, 0.3) is 0 Å². The Morgan fingerprint density at radius 1 is 1.61 bits per heavy atom. The highest BCUT2D eigenvalue weighted by molar-refractivity contribution is 5.94. The van der Waals surface area contributed by atoms with Crippen LogP contribution in [0.15, 0.2) is 29.5 Å². The van der Waals surface area contributed by atoms with Crippen LogP contribution in [-0.2, 0) is 4.79 Å². The van der Waals surface area contributed by atoms with Crippen molar-refractivity contribution >= 4 is 5.78 Å². The summed E-state index contributed by atoms with van der Waals surface area (Å²) in [7, 11) is 0. The zero-order valence-corrected chi connectivity index (χ0v) is 11.7. The number of hydrogen-bond donors (Lipinski definition) is 0. The lowest BCUT2D eigenvalue weighted by molar-refractivity contribution is -0.116. The van der Waals surface area contributed by atoms with Crippen molar-refractivity contribution in [3.05, 3.63) is 29.5 Å². The zero-order valence-electron chi connectivity index (χ0n) is 11.7. The van der Waals surface area contributed by atoms with E-state index in [1.165, 1.54) is 31.3 Å². The third-order valence-corrected chi connectivity index (χ3v) is 5.02. The van der Waals surface area contributed by atoms with Gasteiger partial charge in [-0.25, -0.2) is 0 Å². The Bertz CT molecular complexity index is 423. The second-order valence-electron chi connectivity index (χ2n) is 6.01. The minimum Gasteiger partial charge on any atom is -0.295 e. The number of carbonyl (C=O) groups excluding carboxylic acids is 1. The van der Waals surface area contributed by atoms with E-state index in [1.807, 2.05) is 6.92 Å². The topological polar surface area (TPSA) is 17.1 Å². The van der Waals surface area contributed by atoms with Gasteiger partial charge in [-0.15, -0.1) is 5.73 Å². The van der Waals surface area contributed by atoms with Crippen LogP contribution in [-0.4, -0.2) is 5.78 Å². The van der Waals surface area contributed by atoms with E-state index in [0.717, 1.165) is 18.8 Å². The molecule has 1 heteroatoms. The molecule has 0 heterocycles. The number of ketones is 1.